The monoisotopic (exact) mass is 306 g/mol. The van der Waals surface area contributed by atoms with E-state index < -0.39 is 0 Å². The second-order valence-electron chi connectivity index (χ2n) is 3.75. The molecule has 0 heterocycles. The van der Waals surface area contributed by atoms with Crippen molar-refractivity contribution in [3.8, 4) is 0 Å². The fourth-order valence-electron chi connectivity index (χ4n) is 1.60. The van der Waals surface area contributed by atoms with Gasteiger partial charge >= 0.3 is 0 Å². The van der Waals surface area contributed by atoms with E-state index in [2.05, 4.69) is 21.2 Å². The van der Waals surface area contributed by atoms with E-state index >= 15 is 0 Å². The molecule has 1 N–H and O–H groups in total. The molecule has 0 radical (unpaired) electrons. The summed E-state index contributed by atoms with van der Waals surface area (Å²) in [5.74, 6) is 0. The molecule has 2 aromatic carbocycles. The standard InChI is InChI=1S/C13H11BrN2O2/c14-11-5-7-12(8-6-11)15-9-10-3-1-2-4-13(10)16(17)18/h1-8,15H,9H2. The molecule has 0 aliphatic rings. The first-order chi connectivity index (χ1) is 8.66. The minimum atomic E-state index is -0.363. The summed E-state index contributed by atoms with van der Waals surface area (Å²) in [5, 5.41) is 14.0. The van der Waals surface area contributed by atoms with Crippen LogP contribution in [0.5, 0.6) is 0 Å². The van der Waals surface area contributed by atoms with Crippen molar-refractivity contribution in [2.24, 2.45) is 0 Å². The highest BCUT2D eigenvalue weighted by molar-refractivity contribution is 9.10. The summed E-state index contributed by atoms with van der Waals surface area (Å²) in [6, 6.07) is 14.4. The minimum absolute atomic E-state index is 0.141. The lowest BCUT2D eigenvalue weighted by atomic mass is 10.2. The molecule has 0 atom stereocenters. The SMILES string of the molecule is O=[N+]([O-])c1ccccc1CNc1ccc(Br)cc1. The van der Waals surface area contributed by atoms with Crippen molar-refractivity contribution in [3.63, 3.8) is 0 Å². The Hall–Kier alpha value is -1.88. The molecule has 2 aromatic rings. The van der Waals surface area contributed by atoms with Gasteiger partial charge in [-0.1, -0.05) is 34.1 Å². The van der Waals surface area contributed by atoms with Crippen LogP contribution in [0, 0.1) is 10.1 Å². The molecule has 0 amide bonds. The van der Waals surface area contributed by atoms with Crippen LogP contribution in [-0.4, -0.2) is 4.92 Å². The lowest BCUT2D eigenvalue weighted by molar-refractivity contribution is -0.385. The first-order valence-corrected chi connectivity index (χ1v) is 6.18. The summed E-state index contributed by atoms with van der Waals surface area (Å²) in [6.07, 6.45) is 0. The van der Waals surface area contributed by atoms with Crippen molar-refractivity contribution in [1.82, 2.24) is 0 Å². The van der Waals surface area contributed by atoms with E-state index in [1.165, 1.54) is 6.07 Å². The van der Waals surface area contributed by atoms with Gasteiger partial charge in [-0.3, -0.25) is 10.1 Å². The number of hydrogen-bond acceptors (Lipinski definition) is 3. The zero-order chi connectivity index (χ0) is 13.0. The number of nitrogens with zero attached hydrogens (tertiary/aromatic N) is 1. The third kappa shape index (κ3) is 3.07. The van der Waals surface area contributed by atoms with E-state index in [1.54, 1.807) is 18.2 Å². The molecule has 2 rings (SSSR count). The second kappa shape index (κ2) is 5.64. The molecular formula is C13H11BrN2O2. The zero-order valence-corrected chi connectivity index (χ0v) is 11.1. The molecule has 0 bridgehead atoms. The van der Waals surface area contributed by atoms with Crippen LogP contribution in [0.15, 0.2) is 53.0 Å². The topological polar surface area (TPSA) is 55.2 Å². The number of anilines is 1. The van der Waals surface area contributed by atoms with Crippen LogP contribution in [0.4, 0.5) is 11.4 Å². The number of nitro benzene ring substituents is 1. The highest BCUT2D eigenvalue weighted by Crippen LogP contribution is 2.20. The number of nitrogens with one attached hydrogen (secondary N) is 1. The highest BCUT2D eigenvalue weighted by atomic mass is 79.9. The lowest BCUT2D eigenvalue weighted by Gasteiger charge is -2.07. The van der Waals surface area contributed by atoms with Gasteiger partial charge in [0.25, 0.3) is 5.69 Å². The Labute approximate surface area is 113 Å². The molecule has 0 aromatic heterocycles. The maximum Gasteiger partial charge on any atom is 0.274 e. The first-order valence-electron chi connectivity index (χ1n) is 5.38. The lowest BCUT2D eigenvalue weighted by Crippen LogP contribution is -2.02. The third-order valence-electron chi connectivity index (χ3n) is 2.52. The molecule has 5 heteroatoms. The Morgan fingerprint density at radius 1 is 1.11 bits per heavy atom. The zero-order valence-electron chi connectivity index (χ0n) is 9.47. The van der Waals surface area contributed by atoms with Gasteiger partial charge in [0, 0.05) is 28.3 Å². The van der Waals surface area contributed by atoms with Crippen molar-refractivity contribution in [2.75, 3.05) is 5.32 Å². The molecule has 0 saturated carbocycles. The van der Waals surface area contributed by atoms with Crippen molar-refractivity contribution in [1.29, 1.82) is 0 Å². The molecule has 0 spiro atoms. The molecule has 0 aliphatic heterocycles. The van der Waals surface area contributed by atoms with Gasteiger partial charge in [-0.15, -0.1) is 0 Å². The van der Waals surface area contributed by atoms with Gasteiger partial charge in [0.15, 0.2) is 0 Å². The van der Waals surface area contributed by atoms with E-state index in [0.717, 1.165) is 10.2 Å². The average Bonchev–Trinajstić information content (AvgIpc) is 2.38. The van der Waals surface area contributed by atoms with Crippen molar-refractivity contribution < 1.29 is 4.92 Å². The van der Waals surface area contributed by atoms with Gasteiger partial charge in [0.05, 0.1) is 4.92 Å². The fourth-order valence-corrected chi connectivity index (χ4v) is 1.87. The van der Waals surface area contributed by atoms with Crippen molar-refractivity contribution >= 4 is 27.3 Å². The van der Waals surface area contributed by atoms with Crippen molar-refractivity contribution in [3.05, 3.63) is 68.7 Å². The van der Waals surface area contributed by atoms with Crippen LogP contribution in [0.2, 0.25) is 0 Å². The van der Waals surface area contributed by atoms with Gasteiger partial charge < -0.3 is 5.32 Å². The van der Waals surface area contributed by atoms with Gasteiger partial charge in [-0.25, -0.2) is 0 Å². The number of nitro groups is 1. The Morgan fingerprint density at radius 3 is 2.44 bits per heavy atom. The first kappa shape index (κ1) is 12.6. The normalized spacial score (nSPS) is 10.1. The minimum Gasteiger partial charge on any atom is -0.381 e. The fraction of sp³-hybridized carbons (Fsp3) is 0.0769. The summed E-state index contributed by atoms with van der Waals surface area (Å²) in [5.41, 5.74) is 1.74. The molecule has 18 heavy (non-hydrogen) atoms. The van der Waals surface area contributed by atoms with Gasteiger partial charge in [-0.05, 0) is 24.3 Å². The van der Waals surface area contributed by atoms with Crippen LogP contribution in [0.25, 0.3) is 0 Å². The highest BCUT2D eigenvalue weighted by Gasteiger charge is 2.11. The number of rotatable bonds is 4. The van der Waals surface area contributed by atoms with Gasteiger partial charge in [-0.2, -0.15) is 0 Å². The van der Waals surface area contributed by atoms with Gasteiger partial charge in [0.2, 0.25) is 0 Å². The van der Waals surface area contributed by atoms with Gasteiger partial charge in [0.1, 0.15) is 0 Å². The molecule has 0 aliphatic carbocycles. The van der Waals surface area contributed by atoms with Crippen LogP contribution in [-0.2, 0) is 6.54 Å². The summed E-state index contributed by atoms with van der Waals surface area (Å²) >= 11 is 3.36. The predicted octanol–water partition coefficient (Wildman–Crippen LogP) is 3.97. The van der Waals surface area contributed by atoms with Crippen LogP contribution in [0.3, 0.4) is 0 Å². The molecule has 0 unspecified atom stereocenters. The largest absolute Gasteiger partial charge is 0.381 e. The Morgan fingerprint density at radius 2 is 1.78 bits per heavy atom. The second-order valence-corrected chi connectivity index (χ2v) is 4.66. The number of para-hydroxylation sites is 1. The summed E-state index contributed by atoms with van der Waals surface area (Å²) in [4.78, 5) is 10.5. The van der Waals surface area contributed by atoms with E-state index in [4.69, 9.17) is 0 Å². The number of benzene rings is 2. The van der Waals surface area contributed by atoms with E-state index in [-0.39, 0.29) is 10.6 Å². The predicted molar refractivity (Wildman–Crippen MR) is 74.6 cm³/mol. The molecule has 4 nitrogen and oxygen atoms in total. The Bertz CT molecular complexity index is 555. The molecule has 92 valence electrons. The quantitative estimate of drug-likeness (QED) is 0.687. The van der Waals surface area contributed by atoms with Crippen LogP contribution >= 0.6 is 15.9 Å². The van der Waals surface area contributed by atoms with Crippen molar-refractivity contribution in [2.45, 2.75) is 6.54 Å². The molecular weight excluding hydrogens is 296 g/mol. The summed E-state index contributed by atoms with van der Waals surface area (Å²) in [6.45, 7) is 0.429. The number of halogens is 1. The molecule has 0 fully saturated rings. The average molecular weight is 307 g/mol. The van der Waals surface area contributed by atoms with Crippen LogP contribution < -0.4 is 5.32 Å². The Kier molecular flexibility index (Phi) is 3.94. The Balaban J connectivity index is 2.10. The van der Waals surface area contributed by atoms with E-state index in [0.29, 0.717) is 12.1 Å². The smallest absolute Gasteiger partial charge is 0.274 e. The third-order valence-corrected chi connectivity index (χ3v) is 3.04. The maximum atomic E-state index is 10.8. The van der Waals surface area contributed by atoms with E-state index in [1.807, 2.05) is 24.3 Å². The summed E-state index contributed by atoms with van der Waals surface area (Å²) in [7, 11) is 0. The summed E-state index contributed by atoms with van der Waals surface area (Å²) < 4.78 is 0.999. The molecule has 0 saturated heterocycles. The number of hydrogen-bond donors (Lipinski definition) is 1. The van der Waals surface area contributed by atoms with Crippen LogP contribution in [0.1, 0.15) is 5.56 Å². The maximum absolute atomic E-state index is 10.8. The van der Waals surface area contributed by atoms with E-state index in [9.17, 15) is 10.1 Å².